The lowest BCUT2D eigenvalue weighted by molar-refractivity contribution is -0.111. The number of hydrogen-bond donors (Lipinski definition) is 3. The maximum Gasteiger partial charge on any atom is 0.305 e. The van der Waals surface area contributed by atoms with E-state index in [1.54, 1.807) is 31.2 Å². The van der Waals surface area contributed by atoms with Crippen LogP contribution in [0.4, 0.5) is 5.69 Å². The SMILES string of the molecule is C=CC(=O)Nc1cccc(C(=O)NNC(=O)c2oc3ccccc3c2C)c1. The van der Waals surface area contributed by atoms with E-state index in [4.69, 9.17) is 4.42 Å². The van der Waals surface area contributed by atoms with Gasteiger partial charge in [0.25, 0.3) is 5.91 Å². The van der Waals surface area contributed by atoms with Crippen LogP contribution in [0.1, 0.15) is 26.5 Å². The molecule has 1 aromatic heterocycles. The summed E-state index contributed by atoms with van der Waals surface area (Å²) < 4.78 is 5.55. The lowest BCUT2D eigenvalue weighted by atomic mass is 10.1. The number of para-hydroxylation sites is 1. The van der Waals surface area contributed by atoms with E-state index in [-0.39, 0.29) is 17.2 Å². The molecule has 0 saturated heterocycles. The van der Waals surface area contributed by atoms with Crippen molar-refractivity contribution in [1.29, 1.82) is 0 Å². The zero-order valence-corrected chi connectivity index (χ0v) is 14.5. The number of nitrogens with one attached hydrogen (secondary N) is 3. The van der Waals surface area contributed by atoms with E-state index in [0.717, 1.165) is 11.5 Å². The molecule has 27 heavy (non-hydrogen) atoms. The molecule has 3 aromatic rings. The summed E-state index contributed by atoms with van der Waals surface area (Å²) in [6.45, 7) is 5.14. The number of carbonyl (C=O) groups is 3. The minimum atomic E-state index is -0.562. The molecule has 7 heteroatoms. The van der Waals surface area contributed by atoms with E-state index in [2.05, 4.69) is 22.7 Å². The van der Waals surface area contributed by atoms with Crippen LogP contribution in [0, 0.1) is 6.92 Å². The molecule has 1 heterocycles. The fourth-order valence-electron chi connectivity index (χ4n) is 2.56. The second-order valence-electron chi connectivity index (χ2n) is 5.73. The molecule has 0 spiro atoms. The number of amides is 3. The summed E-state index contributed by atoms with van der Waals surface area (Å²) in [4.78, 5) is 35.9. The molecule has 0 aliphatic carbocycles. The molecular formula is C20H17N3O4. The molecule has 0 radical (unpaired) electrons. The van der Waals surface area contributed by atoms with Gasteiger partial charge in [-0.05, 0) is 37.3 Å². The molecule has 0 aliphatic heterocycles. The van der Waals surface area contributed by atoms with Crippen molar-refractivity contribution in [2.24, 2.45) is 0 Å². The summed E-state index contributed by atoms with van der Waals surface area (Å²) in [6.07, 6.45) is 1.13. The largest absolute Gasteiger partial charge is 0.451 e. The van der Waals surface area contributed by atoms with Crippen LogP contribution in [0.2, 0.25) is 0 Å². The zero-order chi connectivity index (χ0) is 19.4. The minimum absolute atomic E-state index is 0.128. The van der Waals surface area contributed by atoms with Crippen LogP contribution in [0.15, 0.2) is 65.6 Å². The first-order valence-electron chi connectivity index (χ1n) is 8.12. The van der Waals surface area contributed by atoms with Crippen molar-refractivity contribution in [3.8, 4) is 0 Å². The van der Waals surface area contributed by atoms with Gasteiger partial charge in [-0.25, -0.2) is 0 Å². The van der Waals surface area contributed by atoms with Crippen molar-refractivity contribution in [2.75, 3.05) is 5.32 Å². The Hall–Kier alpha value is -3.87. The summed E-state index contributed by atoms with van der Waals surface area (Å²) in [5.41, 5.74) is 6.65. The Morgan fingerprint density at radius 2 is 1.74 bits per heavy atom. The first-order chi connectivity index (χ1) is 13.0. The van der Waals surface area contributed by atoms with Crippen molar-refractivity contribution in [3.05, 3.63) is 78.1 Å². The number of aryl methyl sites for hydroxylation is 1. The van der Waals surface area contributed by atoms with Crippen molar-refractivity contribution in [2.45, 2.75) is 6.92 Å². The number of fused-ring (bicyclic) bond motifs is 1. The summed E-state index contributed by atoms with van der Waals surface area (Å²) in [5, 5.41) is 3.39. The molecule has 0 fully saturated rings. The predicted octanol–water partition coefficient (Wildman–Crippen LogP) is 2.94. The molecule has 3 amide bonds. The zero-order valence-electron chi connectivity index (χ0n) is 14.5. The maximum atomic E-state index is 12.3. The van der Waals surface area contributed by atoms with Gasteiger partial charge in [-0.15, -0.1) is 0 Å². The fraction of sp³-hybridized carbons (Fsp3) is 0.0500. The third-order valence-corrected chi connectivity index (χ3v) is 3.92. The van der Waals surface area contributed by atoms with Crippen molar-refractivity contribution < 1.29 is 18.8 Å². The van der Waals surface area contributed by atoms with Crippen molar-refractivity contribution in [1.82, 2.24) is 10.9 Å². The molecule has 2 aromatic carbocycles. The Kier molecular flexibility index (Phi) is 5.03. The number of hydrazine groups is 1. The number of rotatable bonds is 4. The molecule has 3 N–H and O–H groups in total. The topological polar surface area (TPSA) is 100 Å². The number of furan rings is 1. The van der Waals surface area contributed by atoms with Gasteiger partial charge in [0.15, 0.2) is 5.76 Å². The maximum absolute atomic E-state index is 12.3. The Morgan fingerprint density at radius 3 is 2.48 bits per heavy atom. The molecule has 0 unspecified atom stereocenters. The first-order valence-corrected chi connectivity index (χ1v) is 8.12. The van der Waals surface area contributed by atoms with Crippen molar-refractivity contribution >= 4 is 34.4 Å². The van der Waals surface area contributed by atoms with E-state index in [0.29, 0.717) is 16.8 Å². The number of hydrogen-bond acceptors (Lipinski definition) is 4. The highest BCUT2D eigenvalue weighted by atomic mass is 16.3. The minimum Gasteiger partial charge on any atom is -0.451 e. The average molecular weight is 363 g/mol. The van der Waals surface area contributed by atoms with Gasteiger partial charge < -0.3 is 9.73 Å². The predicted molar refractivity (Wildman–Crippen MR) is 101 cm³/mol. The van der Waals surface area contributed by atoms with E-state index in [1.165, 1.54) is 6.07 Å². The molecular weight excluding hydrogens is 346 g/mol. The van der Waals surface area contributed by atoms with Crippen LogP contribution in [0.5, 0.6) is 0 Å². The van der Waals surface area contributed by atoms with Crippen LogP contribution in [-0.4, -0.2) is 17.7 Å². The third-order valence-electron chi connectivity index (χ3n) is 3.92. The van der Waals surface area contributed by atoms with Gasteiger partial charge in [-0.3, -0.25) is 25.2 Å². The molecule has 0 saturated carbocycles. The quantitative estimate of drug-likeness (QED) is 0.490. The van der Waals surface area contributed by atoms with Gasteiger partial charge in [-0.1, -0.05) is 30.8 Å². The first kappa shape index (κ1) is 17.9. The van der Waals surface area contributed by atoms with Gasteiger partial charge in [0.1, 0.15) is 5.58 Å². The molecule has 0 aliphatic rings. The molecule has 0 atom stereocenters. The van der Waals surface area contributed by atoms with Gasteiger partial charge >= 0.3 is 5.91 Å². The van der Waals surface area contributed by atoms with E-state index in [1.807, 2.05) is 18.2 Å². The summed E-state index contributed by atoms with van der Waals surface area (Å²) in [6, 6.07) is 13.6. The number of benzene rings is 2. The van der Waals surface area contributed by atoms with Crippen LogP contribution in [-0.2, 0) is 4.79 Å². The van der Waals surface area contributed by atoms with Crippen LogP contribution in [0.25, 0.3) is 11.0 Å². The van der Waals surface area contributed by atoms with Crippen LogP contribution < -0.4 is 16.2 Å². The highest BCUT2D eigenvalue weighted by Gasteiger charge is 2.18. The van der Waals surface area contributed by atoms with Crippen LogP contribution in [0.3, 0.4) is 0 Å². The summed E-state index contributed by atoms with van der Waals surface area (Å²) >= 11 is 0. The number of carbonyl (C=O) groups excluding carboxylic acids is 3. The smallest absolute Gasteiger partial charge is 0.305 e. The molecule has 3 rings (SSSR count). The Bertz CT molecular complexity index is 1050. The lowest BCUT2D eigenvalue weighted by Crippen LogP contribution is -2.41. The summed E-state index contributed by atoms with van der Waals surface area (Å²) in [5.74, 6) is -1.36. The summed E-state index contributed by atoms with van der Waals surface area (Å²) in [7, 11) is 0. The Balaban J connectivity index is 1.69. The van der Waals surface area contributed by atoms with E-state index in [9.17, 15) is 14.4 Å². The van der Waals surface area contributed by atoms with Gasteiger partial charge in [0.2, 0.25) is 5.91 Å². The molecule has 136 valence electrons. The van der Waals surface area contributed by atoms with Gasteiger partial charge in [-0.2, -0.15) is 0 Å². The standard InChI is InChI=1S/C20H17N3O4/c1-3-17(24)21-14-8-6-7-13(11-14)19(25)22-23-20(26)18-12(2)15-9-4-5-10-16(15)27-18/h3-11H,1H2,2H3,(H,21,24)(H,22,25)(H,23,26). The van der Waals surface area contributed by atoms with E-state index >= 15 is 0 Å². The second kappa shape index (κ2) is 7.57. The van der Waals surface area contributed by atoms with Gasteiger partial charge in [0, 0.05) is 22.2 Å². The van der Waals surface area contributed by atoms with Crippen molar-refractivity contribution in [3.63, 3.8) is 0 Å². The highest BCUT2D eigenvalue weighted by molar-refractivity contribution is 6.03. The monoisotopic (exact) mass is 363 g/mol. The normalized spacial score (nSPS) is 10.3. The average Bonchev–Trinajstić information content (AvgIpc) is 3.03. The molecule has 7 nitrogen and oxygen atoms in total. The number of anilines is 1. The van der Waals surface area contributed by atoms with Gasteiger partial charge in [0.05, 0.1) is 0 Å². The van der Waals surface area contributed by atoms with Crippen LogP contribution >= 0.6 is 0 Å². The Labute approximate surface area is 155 Å². The highest BCUT2D eigenvalue weighted by Crippen LogP contribution is 2.24. The molecule has 0 bridgehead atoms. The third kappa shape index (κ3) is 3.87. The Morgan fingerprint density at radius 1 is 1.00 bits per heavy atom. The van der Waals surface area contributed by atoms with E-state index < -0.39 is 11.8 Å². The fourth-order valence-corrected chi connectivity index (χ4v) is 2.56. The second-order valence-corrected chi connectivity index (χ2v) is 5.73. The lowest BCUT2D eigenvalue weighted by Gasteiger charge is -2.08.